The summed E-state index contributed by atoms with van der Waals surface area (Å²) in [4.78, 5) is 10.5. The standard InChI is InChI=1S/C25H23N3O2S/c29-28(30)24-19-26-27(20-24)17-10-18-31-25(21-11-4-1-5-12-21,22-13-6-2-7-14-22)23-15-8-3-9-16-23/h1-9,11-16,19-20H,10,17-18H2. The van der Waals surface area contributed by atoms with Crippen LogP contribution in [0, 0.1) is 10.1 Å². The van der Waals surface area contributed by atoms with Gasteiger partial charge in [0, 0.05) is 6.54 Å². The molecule has 3 aromatic carbocycles. The Labute approximate surface area is 185 Å². The molecule has 0 radical (unpaired) electrons. The van der Waals surface area contributed by atoms with Gasteiger partial charge in [-0.2, -0.15) is 5.10 Å². The van der Waals surface area contributed by atoms with Crippen LogP contribution in [0.5, 0.6) is 0 Å². The summed E-state index contributed by atoms with van der Waals surface area (Å²) < 4.78 is 1.30. The first-order valence-corrected chi connectivity index (χ1v) is 11.2. The van der Waals surface area contributed by atoms with Gasteiger partial charge in [-0.15, -0.1) is 11.8 Å². The molecule has 0 bridgehead atoms. The van der Waals surface area contributed by atoms with Crippen LogP contribution in [-0.2, 0) is 11.3 Å². The molecular weight excluding hydrogens is 406 g/mol. The number of thioether (sulfide) groups is 1. The van der Waals surface area contributed by atoms with Crippen LogP contribution in [0.15, 0.2) is 103 Å². The highest BCUT2D eigenvalue weighted by atomic mass is 32.2. The Bertz CT molecular complexity index is 1020. The molecule has 0 aliphatic rings. The van der Waals surface area contributed by atoms with Crippen LogP contribution in [0.1, 0.15) is 23.1 Å². The summed E-state index contributed by atoms with van der Waals surface area (Å²) >= 11 is 1.89. The van der Waals surface area contributed by atoms with E-state index in [-0.39, 0.29) is 10.4 Å². The molecule has 0 unspecified atom stereocenters. The van der Waals surface area contributed by atoms with Gasteiger partial charge in [-0.05, 0) is 28.9 Å². The number of hydrogen-bond donors (Lipinski definition) is 0. The Morgan fingerprint density at radius 2 is 1.32 bits per heavy atom. The molecule has 0 saturated carbocycles. The van der Waals surface area contributed by atoms with Crippen molar-refractivity contribution in [2.24, 2.45) is 0 Å². The summed E-state index contributed by atoms with van der Waals surface area (Å²) in [6.07, 6.45) is 3.64. The van der Waals surface area contributed by atoms with E-state index in [1.807, 2.05) is 30.0 Å². The number of nitrogens with zero attached hydrogens (tertiary/aromatic N) is 3. The van der Waals surface area contributed by atoms with E-state index in [0.717, 1.165) is 12.2 Å². The number of nitro groups is 1. The number of hydrogen-bond acceptors (Lipinski definition) is 4. The molecule has 0 atom stereocenters. The van der Waals surface area contributed by atoms with E-state index in [0.29, 0.717) is 6.54 Å². The summed E-state index contributed by atoms with van der Waals surface area (Å²) in [5.74, 6) is 0.867. The van der Waals surface area contributed by atoms with Crippen LogP contribution < -0.4 is 0 Å². The van der Waals surface area contributed by atoms with E-state index < -0.39 is 4.92 Å². The number of benzene rings is 3. The van der Waals surface area contributed by atoms with Crippen LogP contribution in [-0.4, -0.2) is 20.5 Å². The predicted octanol–water partition coefficient (Wildman–Crippen LogP) is 5.91. The monoisotopic (exact) mass is 429 g/mol. The topological polar surface area (TPSA) is 61.0 Å². The molecule has 156 valence electrons. The van der Waals surface area contributed by atoms with Gasteiger partial charge in [-0.1, -0.05) is 91.0 Å². The quantitative estimate of drug-likeness (QED) is 0.144. The van der Waals surface area contributed by atoms with Gasteiger partial charge < -0.3 is 0 Å². The number of aryl methyl sites for hydroxylation is 1. The Morgan fingerprint density at radius 1 is 0.839 bits per heavy atom. The molecule has 4 aromatic rings. The Morgan fingerprint density at radius 3 is 1.74 bits per heavy atom. The highest BCUT2D eigenvalue weighted by molar-refractivity contribution is 8.00. The normalized spacial score (nSPS) is 11.4. The molecule has 0 fully saturated rings. The van der Waals surface area contributed by atoms with Crippen molar-refractivity contribution in [3.05, 3.63) is 130 Å². The first-order valence-electron chi connectivity index (χ1n) is 10.2. The van der Waals surface area contributed by atoms with Gasteiger partial charge in [0.1, 0.15) is 12.4 Å². The Kier molecular flexibility index (Phi) is 6.48. The molecule has 0 aliphatic heterocycles. The maximum absolute atomic E-state index is 10.9. The van der Waals surface area contributed by atoms with Gasteiger partial charge in [-0.3, -0.25) is 14.8 Å². The van der Waals surface area contributed by atoms with Gasteiger partial charge >= 0.3 is 5.69 Å². The molecule has 0 amide bonds. The minimum Gasteiger partial charge on any atom is -0.266 e. The molecule has 0 aliphatic carbocycles. The Hall–Kier alpha value is -3.38. The molecule has 0 saturated heterocycles. The van der Waals surface area contributed by atoms with Crippen molar-refractivity contribution in [1.82, 2.24) is 9.78 Å². The fourth-order valence-electron chi connectivity index (χ4n) is 3.79. The second kappa shape index (κ2) is 9.62. The van der Waals surface area contributed by atoms with Crippen LogP contribution in [0.3, 0.4) is 0 Å². The van der Waals surface area contributed by atoms with Crippen LogP contribution in [0.2, 0.25) is 0 Å². The average molecular weight is 430 g/mol. The lowest BCUT2D eigenvalue weighted by atomic mass is 9.84. The summed E-state index contributed by atoms with van der Waals surface area (Å²) in [6, 6.07) is 31.7. The second-order valence-corrected chi connectivity index (χ2v) is 8.51. The molecule has 0 N–H and O–H groups in total. The molecule has 1 aromatic heterocycles. The fraction of sp³-hybridized carbons (Fsp3) is 0.160. The van der Waals surface area contributed by atoms with E-state index >= 15 is 0 Å². The second-order valence-electron chi connectivity index (χ2n) is 7.20. The fourth-order valence-corrected chi connectivity index (χ4v) is 5.28. The van der Waals surface area contributed by atoms with E-state index in [9.17, 15) is 10.1 Å². The molecule has 1 heterocycles. The Balaban J connectivity index is 1.64. The van der Waals surface area contributed by atoms with Gasteiger partial charge in [-0.25, -0.2) is 0 Å². The zero-order valence-corrected chi connectivity index (χ0v) is 17.8. The molecule has 6 heteroatoms. The number of rotatable bonds is 9. The molecule has 5 nitrogen and oxygen atoms in total. The van der Waals surface area contributed by atoms with Crippen molar-refractivity contribution < 1.29 is 4.92 Å². The van der Waals surface area contributed by atoms with Crippen molar-refractivity contribution in [3.63, 3.8) is 0 Å². The SMILES string of the molecule is O=[N+]([O-])c1cnn(CCCSC(c2ccccc2)(c2ccccc2)c2ccccc2)c1. The van der Waals surface area contributed by atoms with E-state index in [1.54, 1.807) is 4.68 Å². The lowest BCUT2D eigenvalue weighted by molar-refractivity contribution is -0.385. The highest BCUT2D eigenvalue weighted by Gasteiger charge is 2.36. The third kappa shape index (κ3) is 4.54. The lowest BCUT2D eigenvalue weighted by Crippen LogP contribution is -2.26. The first kappa shape index (κ1) is 20.9. The van der Waals surface area contributed by atoms with Crippen molar-refractivity contribution in [2.75, 3.05) is 5.75 Å². The third-order valence-electron chi connectivity index (χ3n) is 5.22. The molecule has 0 spiro atoms. The third-order valence-corrected chi connectivity index (χ3v) is 6.85. The van der Waals surface area contributed by atoms with Crippen LogP contribution in [0.4, 0.5) is 5.69 Å². The zero-order chi connectivity index (χ0) is 21.5. The van der Waals surface area contributed by atoms with Gasteiger partial charge in [0.05, 0.1) is 9.67 Å². The highest BCUT2D eigenvalue weighted by Crippen LogP contribution is 2.48. The minimum absolute atomic E-state index is 0.0276. The van der Waals surface area contributed by atoms with Crippen molar-refractivity contribution in [2.45, 2.75) is 17.7 Å². The smallest absolute Gasteiger partial charge is 0.266 e. The van der Waals surface area contributed by atoms with E-state index in [1.165, 1.54) is 29.1 Å². The lowest BCUT2D eigenvalue weighted by Gasteiger charge is -2.35. The summed E-state index contributed by atoms with van der Waals surface area (Å²) in [7, 11) is 0. The van der Waals surface area contributed by atoms with Crippen molar-refractivity contribution in [3.8, 4) is 0 Å². The van der Waals surface area contributed by atoms with E-state index in [2.05, 4.69) is 77.9 Å². The summed E-state index contributed by atoms with van der Waals surface area (Å²) in [5, 5.41) is 15.0. The maximum atomic E-state index is 10.9. The number of aromatic nitrogens is 2. The van der Waals surface area contributed by atoms with Gasteiger partial charge in [0.15, 0.2) is 0 Å². The summed E-state index contributed by atoms with van der Waals surface area (Å²) in [6.45, 7) is 0.634. The van der Waals surface area contributed by atoms with E-state index in [4.69, 9.17) is 0 Å². The molecule has 4 rings (SSSR count). The zero-order valence-electron chi connectivity index (χ0n) is 17.0. The molecular formula is C25H23N3O2S. The largest absolute Gasteiger partial charge is 0.306 e. The van der Waals surface area contributed by atoms with Crippen LogP contribution in [0.25, 0.3) is 0 Å². The maximum Gasteiger partial charge on any atom is 0.306 e. The summed E-state index contributed by atoms with van der Waals surface area (Å²) in [5.41, 5.74) is 3.71. The van der Waals surface area contributed by atoms with Crippen LogP contribution >= 0.6 is 11.8 Å². The van der Waals surface area contributed by atoms with Gasteiger partial charge in [0.25, 0.3) is 0 Å². The predicted molar refractivity (Wildman–Crippen MR) is 125 cm³/mol. The average Bonchev–Trinajstić information content (AvgIpc) is 3.31. The minimum atomic E-state index is -0.413. The first-order chi connectivity index (χ1) is 15.2. The van der Waals surface area contributed by atoms with Gasteiger partial charge in [0.2, 0.25) is 0 Å². The molecule has 31 heavy (non-hydrogen) atoms. The van der Waals surface area contributed by atoms with Crippen molar-refractivity contribution in [1.29, 1.82) is 0 Å². The van der Waals surface area contributed by atoms with Crippen molar-refractivity contribution >= 4 is 17.4 Å².